The molecule has 1 aromatic heterocycles. The Balaban J connectivity index is 2.04. The van der Waals surface area contributed by atoms with E-state index in [0.29, 0.717) is 6.54 Å². The molecule has 0 bridgehead atoms. The minimum Gasteiger partial charge on any atom is -0.329 e. The summed E-state index contributed by atoms with van der Waals surface area (Å²) in [6.07, 6.45) is 7.95. The summed E-state index contributed by atoms with van der Waals surface area (Å²) < 4.78 is 0. The van der Waals surface area contributed by atoms with Gasteiger partial charge >= 0.3 is 0 Å². The smallest absolute Gasteiger partial charge is 0.0644 e. The van der Waals surface area contributed by atoms with Gasteiger partial charge in [0.15, 0.2) is 0 Å². The van der Waals surface area contributed by atoms with E-state index < -0.39 is 0 Å². The first kappa shape index (κ1) is 13.8. The van der Waals surface area contributed by atoms with E-state index in [0.717, 1.165) is 24.0 Å². The molecule has 1 aromatic rings. The van der Waals surface area contributed by atoms with Crippen LogP contribution in [0.15, 0.2) is 24.4 Å². The first-order valence-corrected chi connectivity index (χ1v) is 8.01. The van der Waals surface area contributed by atoms with Crippen molar-refractivity contribution < 1.29 is 0 Å². The first-order chi connectivity index (χ1) is 8.85. The van der Waals surface area contributed by atoms with Crippen molar-refractivity contribution in [3.63, 3.8) is 0 Å². The Kier molecular flexibility index (Phi) is 5.47. The lowest BCUT2D eigenvalue weighted by Crippen LogP contribution is -2.35. The van der Waals surface area contributed by atoms with Crippen LogP contribution < -0.4 is 5.73 Å². The van der Waals surface area contributed by atoms with Crippen molar-refractivity contribution in [2.24, 2.45) is 5.73 Å². The monoisotopic (exact) mass is 265 g/mol. The fraction of sp³-hybridized carbons (Fsp3) is 0.643. The molecule has 0 spiro atoms. The van der Waals surface area contributed by atoms with Crippen LogP contribution in [0.5, 0.6) is 0 Å². The van der Waals surface area contributed by atoms with Crippen LogP contribution in [-0.4, -0.2) is 41.0 Å². The average molecular weight is 265 g/mol. The van der Waals surface area contributed by atoms with Gasteiger partial charge in [-0.3, -0.25) is 9.88 Å². The molecular formula is C14H23N3S. The number of thioether (sulfide) groups is 1. The fourth-order valence-corrected chi connectivity index (χ4v) is 3.41. The van der Waals surface area contributed by atoms with Crippen LogP contribution in [-0.2, 0) is 0 Å². The molecule has 0 aliphatic carbocycles. The lowest BCUT2D eigenvalue weighted by molar-refractivity contribution is 0.206. The third-order valence-electron chi connectivity index (χ3n) is 3.74. The zero-order valence-electron chi connectivity index (χ0n) is 11.1. The highest BCUT2D eigenvalue weighted by Gasteiger charge is 2.23. The summed E-state index contributed by atoms with van der Waals surface area (Å²) in [7, 11) is 0. The highest BCUT2D eigenvalue weighted by atomic mass is 32.2. The minimum atomic E-state index is 0.284. The molecule has 0 amide bonds. The van der Waals surface area contributed by atoms with Gasteiger partial charge in [0.1, 0.15) is 0 Å². The predicted molar refractivity (Wildman–Crippen MR) is 78.8 cm³/mol. The van der Waals surface area contributed by atoms with Crippen LogP contribution in [0.25, 0.3) is 0 Å². The third kappa shape index (κ3) is 3.46. The normalized spacial score (nSPS) is 23.6. The van der Waals surface area contributed by atoms with E-state index in [1.165, 1.54) is 19.3 Å². The number of nitrogens with zero attached hydrogens (tertiary/aromatic N) is 2. The van der Waals surface area contributed by atoms with Gasteiger partial charge in [-0.05, 0) is 50.7 Å². The van der Waals surface area contributed by atoms with E-state index in [4.69, 9.17) is 5.73 Å². The molecule has 1 fully saturated rings. The van der Waals surface area contributed by atoms with E-state index in [2.05, 4.69) is 22.2 Å². The van der Waals surface area contributed by atoms with Crippen molar-refractivity contribution in [1.29, 1.82) is 0 Å². The largest absolute Gasteiger partial charge is 0.329 e. The molecule has 2 N–H and O–H groups in total. The molecule has 0 radical (unpaired) electrons. The van der Waals surface area contributed by atoms with E-state index in [-0.39, 0.29) is 6.04 Å². The van der Waals surface area contributed by atoms with Crippen molar-refractivity contribution in [2.45, 2.75) is 30.6 Å². The van der Waals surface area contributed by atoms with E-state index in [1.54, 1.807) is 0 Å². The number of likely N-dealkylation sites (tertiary alicyclic amines) is 1. The second-order valence-electron chi connectivity index (χ2n) is 4.83. The summed E-state index contributed by atoms with van der Waals surface area (Å²) in [5, 5.41) is 0.817. The van der Waals surface area contributed by atoms with Gasteiger partial charge in [-0.2, -0.15) is 11.8 Å². The number of hydrogen-bond acceptors (Lipinski definition) is 4. The average Bonchev–Trinajstić information content (AvgIpc) is 2.66. The van der Waals surface area contributed by atoms with E-state index in [9.17, 15) is 0 Å². The van der Waals surface area contributed by atoms with Gasteiger partial charge in [-0.25, -0.2) is 0 Å². The van der Waals surface area contributed by atoms with Crippen molar-refractivity contribution in [3.8, 4) is 0 Å². The second-order valence-corrected chi connectivity index (χ2v) is 5.97. The van der Waals surface area contributed by atoms with Gasteiger partial charge in [0.2, 0.25) is 0 Å². The molecule has 100 valence electrons. The third-order valence-corrected chi connectivity index (χ3v) is 4.87. The maximum Gasteiger partial charge on any atom is 0.0644 e. The van der Waals surface area contributed by atoms with E-state index in [1.807, 2.05) is 30.1 Å². The van der Waals surface area contributed by atoms with Crippen LogP contribution in [0.4, 0.5) is 0 Å². The quantitative estimate of drug-likeness (QED) is 0.907. The molecular weight excluding hydrogens is 242 g/mol. The summed E-state index contributed by atoms with van der Waals surface area (Å²) in [6.45, 7) is 2.94. The summed E-state index contributed by atoms with van der Waals surface area (Å²) >= 11 is 2.00. The maximum absolute atomic E-state index is 5.97. The molecule has 2 unspecified atom stereocenters. The number of hydrogen-bond donors (Lipinski definition) is 1. The van der Waals surface area contributed by atoms with E-state index >= 15 is 0 Å². The minimum absolute atomic E-state index is 0.284. The number of rotatable bonds is 4. The van der Waals surface area contributed by atoms with Crippen LogP contribution in [0.3, 0.4) is 0 Å². The van der Waals surface area contributed by atoms with Crippen LogP contribution in [0.2, 0.25) is 0 Å². The highest BCUT2D eigenvalue weighted by Crippen LogP contribution is 2.26. The molecule has 2 atom stereocenters. The van der Waals surface area contributed by atoms with Gasteiger partial charge < -0.3 is 5.73 Å². The Hall–Kier alpha value is -0.580. The molecule has 3 nitrogen and oxygen atoms in total. The van der Waals surface area contributed by atoms with Crippen molar-refractivity contribution in [1.82, 2.24) is 9.88 Å². The Morgan fingerprint density at radius 3 is 3.00 bits per heavy atom. The first-order valence-electron chi connectivity index (χ1n) is 6.73. The maximum atomic E-state index is 5.97. The van der Waals surface area contributed by atoms with Gasteiger partial charge in [-0.1, -0.05) is 6.07 Å². The molecule has 0 aromatic carbocycles. The number of nitrogens with two attached hydrogens (primary N) is 1. The molecule has 2 rings (SSSR count). The Bertz CT molecular complexity index is 344. The molecule has 1 aliphatic heterocycles. The Morgan fingerprint density at radius 2 is 2.33 bits per heavy atom. The van der Waals surface area contributed by atoms with Crippen molar-refractivity contribution in [2.75, 3.05) is 25.9 Å². The van der Waals surface area contributed by atoms with Gasteiger partial charge in [0, 0.05) is 18.0 Å². The summed E-state index contributed by atoms with van der Waals surface area (Å²) in [5.74, 6) is 0. The summed E-state index contributed by atoms with van der Waals surface area (Å²) in [5.41, 5.74) is 7.08. The lowest BCUT2D eigenvalue weighted by atomic mass is 10.1. The van der Waals surface area contributed by atoms with Crippen LogP contribution >= 0.6 is 11.8 Å². The Labute approximate surface area is 114 Å². The van der Waals surface area contributed by atoms with Crippen LogP contribution in [0.1, 0.15) is 31.0 Å². The molecule has 4 heteroatoms. The molecule has 1 aliphatic rings. The zero-order valence-corrected chi connectivity index (χ0v) is 11.9. The topological polar surface area (TPSA) is 42.1 Å². The molecule has 2 heterocycles. The standard InChI is InChI=1S/C14H23N3S/c1-18-12-5-4-9-17(10-7-12)14(11-15)13-6-2-3-8-16-13/h2-3,6,8,12,14H,4-5,7,9-11,15H2,1H3. The fourth-order valence-electron chi connectivity index (χ4n) is 2.67. The van der Waals surface area contributed by atoms with Crippen molar-refractivity contribution in [3.05, 3.63) is 30.1 Å². The van der Waals surface area contributed by atoms with Gasteiger partial charge in [0.05, 0.1) is 11.7 Å². The van der Waals surface area contributed by atoms with Crippen LogP contribution in [0, 0.1) is 0 Å². The van der Waals surface area contributed by atoms with Gasteiger partial charge in [-0.15, -0.1) is 0 Å². The molecule has 18 heavy (non-hydrogen) atoms. The Morgan fingerprint density at radius 1 is 1.44 bits per heavy atom. The number of pyridine rings is 1. The predicted octanol–water partition coefficient (Wildman–Crippen LogP) is 2.30. The zero-order chi connectivity index (χ0) is 12.8. The van der Waals surface area contributed by atoms with Crippen molar-refractivity contribution >= 4 is 11.8 Å². The SMILES string of the molecule is CSC1CCCN(C(CN)c2ccccn2)CC1. The van der Waals surface area contributed by atoms with Gasteiger partial charge in [0.25, 0.3) is 0 Å². The lowest BCUT2D eigenvalue weighted by Gasteiger charge is -2.29. The second kappa shape index (κ2) is 7.12. The number of aromatic nitrogens is 1. The molecule has 0 saturated carbocycles. The highest BCUT2D eigenvalue weighted by molar-refractivity contribution is 7.99. The summed E-state index contributed by atoms with van der Waals surface area (Å²) in [4.78, 5) is 6.98. The summed E-state index contributed by atoms with van der Waals surface area (Å²) in [6, 6.07) is 6.39. The molecule has 1 saturated heterocycles.